The monoisotopic (exact) mass is 239 g/mol. The zero-order valence-corrected chi connectivity index (χ0v) is 10.3. The maximum atomic E-state index is 6.00. The van der Waals surface area contributed by atoms with E-state index in [0.29, 0.717) is 17.2 Å². The van der Waals surface area contributed by atoms with Crippen LogP contribution in [0.1, 0.15) is 26.2 Å². The van der Waals surface area contributed by atoms with Crippen LogP contribution in [0.25, 0.3) is 0 Å². The molecule has 0 bridgehead atoms. The number of pyridine rings is 1. The second-order valence-corrected chi connectivity index (χ2v) is 4.77. The van der Waals surface area contributed by atoms with E-state index in [1.807, 2.05) is 12.1 Å². The van der Waals surface area contributed by atoms with E-state index in [4.69, 9.17) is 11.6 Å². The fourth-order valence-electron chi connectivity index (χ4n) is 2.20. The Bertz CT molecular complexity index is 337. The minimum Gasteiger partial charge on any atom is -0.380 e. The molecule has 2 N–H and O–H groups in total. The largest absolute Gasteiger partial charge is 0.380 e. The molecular weight excluding hydrogens is 222 g/mol. The van der Waals surface area contributed by atoms with E-state index in [1.165, 1.54) is 12.8 Å². The van der Waals surface area contributed by atoms with Crippen molar-refractivity contribution < 1.29 is 0 Å². The van der Waals surface area contributed by atoms with E-state index in [2.05, 4.69) is 22.5 Å². The summed E-state index contributed by atoms with van der Waals surface area (Å²) in [5, 5.41) is 7.45. The van der Waals surface area contributed by atoms with Crippen LogP contribution in [0.3, 0.4) is 0 Å². The normalized spacial score (nSPS) is 22.0. The average Bonchev–Trinajstić information content (AvgIpc) is 2.74. The summed E-state index contributed by atoms with van der Waals surface area (Å²) in [6, 6.07) is 4.93. The highest BCUT2D eigenvalue weighted by molar-refractivity contribution is 6.31. The molecule has 1 saturated heterocycles. The SMILES string of the molecule is CC(CC1CCCN1)Nc1cccnc1Cl. The fraction of sp³-hybridized carbons (Fsp3) is 0.583. The maximum Gasteiger partial charge on any atom is 0.152 e. The van der Waals surface area contributed by atoms with E-state index in [1.54, 1.807) is 6.20 Å². The van der Waals surface area contributed by atoms with E-state index < -0.39 is 0 Å². The van der Waals surface area contributed by atoms with Crippen molar-refractivity contribution in [2.45, 2.75) is 38.3 Å². The molecule has 16 heavy (non-hydrogen) atoms. The molecule has 1 aliphatic rings. The van der Waals surface area contributed by atoms with Crippen molar-refractivity contribution >= 4 is 17.3 Å². The Morgan fingerprint density at radius 3 is 3.25 bits per heavy atom. The molecule has 0 aromatic carbocycles. The lowest BCUT2D eigenvalue weighted by Crippen LogP contribution is -2.29. The molecule has 2 rings (SSSR count). The number of hydrogen-bond donors (Lipinski definition) is 2. The van der Waals surface area contributed by atoms with Crippen LogP contribution in [0.2, 0.25) is 5.15 Å². The second kappa shape index (κ2) is 5.51. The van der Waals surface area contributed by atoms with Crippen LogP contribution in [0.15, 0.2) is 18.3 Å². The van der Waals surface area contributed by atoms with Gasteiger partial charge in [-0.25, -0.2) is 4.98 Å². The lowest BCUT2D eigenvalue weighted by molar-refractivity contribution is 0.523. The van der Waals surface area contributed by atoms with Crippen LogP contribution in [-0.2, 0) is 0 Å². The molecule has 4 heteroatoms. The molecule has 1 fully saturated rings. The third-order valence-corrected chi connectivity index (χ3v) is 3.26. The zero-order valence-electron chi connectivity index (χ0n) is 9.54. The standard InChI is InChI=1S/C12H18ClN3/c1-9(8-10-4-2-6-14-10)16-11-5-3-7-15-12(11)13/h3,5,7,9-10,14,16H,2,4,6,8H2,1H3. The van der Waals surface area contributed by atoms with Gasteiger partial charge in [0.05, 0.1) is 5.69 Å². The molecular formula is C12H18ClN3. The predicted octanol–water partition coefficient (Wildman–Crippen LogP) is 2.68. The fourth-order valence-corrected chi connectivity index (χ4v) is 2.38. The van der Waals surface area contributed by atoms with Gasteiger partial charge in [0.25, 0.3) is 0 Å². The van der Waals surface area contributed by atoms with Crippen LogP contribution < -0.4 is 10.6 Å². The Morgan fingerprint density at radius 2 is 2.56 bits per heavy atom. The molecule has 0 radical (unpaired) electrons. The molecule has 0 aliphatic carbocycles. The lowest BCUT2D eigenvalue weighted by Gasteiger charge is -2.19. The summed E-state index contributed by atoms with van der Waals surface area (Å²) in [6.07, 6.45) is 5.42. The topological polar surface area (TPSA) is 37.0 Å². The molecule has 3 nitrogen and oxygen atoms in total. The third kappa shape index (κ3) is 3.09. The van der Waals surface area contributed by atoms with Crippen LogP contribution in [0.4, 0.5) is 5.69 Å². The van der Waals surface area contributed by atoms with Crippen molar-refractivity contribution in [3.05, 3.63) is 23.5 Å². The van der Waals surface area contributed by atoms with Gasteiger partial charge in [0.1, 0.15) is 0 Å². The number of hydrogen-bond acceptors (Lipinski definition) is 3. The van der Waals surface area contributed by atoms with Crippen LogP contribution >= 0.6 is 11.6 Å². The number of halogens is 1. The van der Waals surface area contributed by atoms with Gasteiger partial charge in [-0.2, -0.15) is 0 Å². The van der Waals surface area contributed by atoms with Crippen LogP contribution in [0, 0.1) is 0 Å². The van der Waals surface area contributed by atoms with Crippen molar-refractivity contribution in [3.63, 3.8) is 0 Å². The number of nitrogens with zero attached hydrogens (tertiary/aromatic N) is 1. The summed E-state index contributed by atoms with van der Waals surface area (Å²) in [7, 11) is 0. The summed E-state index contributed by atoms with van der Waals surface area (Å²) >= 11 is 6.00. The third-order valence-electron chi connectivity index (χ3n) is 2.96. The van der Waals surface area contributed by atoms with Crippen LogP contribution in [-0.4, -0.2) is 23.6 Å². The molecule has 0 amide bonds. The van der Waals surface area contributed by atoms with Crippen molar-refractivity contribution in [2.75, 3.05) is 11.9 Å². The molecule has 2 unspecified atom stereocenters. The minimum atomic E-state index is 0.414. The Hall–Kier alpha value is -0.800. The van der Waals surface area contributed by atoms with Gasteiger partial charge in [-0.05, 0) is 44.9 Å². The van der Waals surface area contributed by atoms with Gasteiger partial charge < -0.3 is 10.6 Å². The Morgan fingerprint density at radius 1 is 1.69 bits per heavy atom. The average molecular weight is 240 g/mol. The highest BCUT2D eigenvalue weighted by Crippen LogP contribution is 2.20. The van der Waals surface area contributed by atoms with Crippen molar-refractivity contribution in [3.8, 4) is 0 Å². The molecule has 2 heterocycles. The molecule has 88 valence electrons. The Kier molecular flexibility index (Phi) is 4.02. The Labute approximate surface area is 102 Å². The molecule has 1 aromatic rings. The van der Waals surface area contributed by atoms with Gasteiger partial charge in [0.15, 0.2) is 5.15 Å². The molecule has 0 saturated carbocycles. The molecule has 0 spiro atoms. The van der Waals surface area contributed by atoms with Gasteiger partial charge in [-0.3, -0.25) is 0 Å². The van der Waals surface area contributed by atoms with E-state index in [-0.39, 0.29) is 0 Å². The zero-order chi connectivity index (χ0) is 11.4. The maximum absolute atomic E-state index is 6.00. The van der Waals surface area contributed by atoms with Crippen molar-refractivity contribution in [2.24, 2.45) is 0 Å². The molecule has 1 aromatic heterocycles. The summed E-state index contributed by atoms with van der Waals surface area (Å²) in [6.45, 7) is 3.34. The van der Waals surface area contributed by atoms with Gasteiger partial charge in [-0.15, -0.1) is 0 Å². The first-order valence-corrected chi connectivity index (χ1v) is 6.24. The van der Waals surface area contributed by atoms with Crippen molar-refractivity contribution in [1.82, 2.24) is 10.3 Å². The first-order valence-electron chi connectivity index (χ1n) is 5.86. The number of anilines is 1. The molecule has 2 atom stereocenters. The summed E-state index contributed by atoms with van der Waals surface area (Å²) in [5.41, 5.74) is 0.926. The summed E-state index contributed by atoms with van der Waals surface area (Å²) < 4.78 is 0. The smallest absolute Gasteiger partial charge is 0.152 e. The second-order valence-electron chi connectivity index (χ2n) is 4.42. The predicted molar refractivity (Wildman–Crippen MR) is 68.0 cm³/mol. The minimum absolute atomic E-state index is 0.414. The van der Waals surface area contributed by atoms with Crippen molar-refractivity contribution in [1.29, 1.82) is 0 Å². The quantitative estimate of drug-likeness (QED) is 0.794. The highest BCUT2D eigenvalue weighted by atomic mass is 35.5. The first-order chi connectivity index (χ1) is 7.75. The van der Waals surface area contributed by atoms with E-state index >= 15 is 0 Å². The van der Waals surface area contributed by atoms with Gasteiger partial charge in [-0.1, -0.05) is 11.6 Å². The van der Waals surface area contributed by atoms with E-state index in [9.17, 15) is 0 Å². The van der Waals surface area contributed by atoms with Crippen LogP contribution in [0.5, 0.6) is 0 Å². The van der Waals surface area contributed by atoms with E-state index in [0.717, 1.165) is 18.7 Å². The number of nitrogens with one attached hydrogen (secondary N) is 2. The summed E-state index contributed by atoms with van der Waals surface area (Å²) in [5.74, 6) is 0. The highest BCUT2D eigenvalue weighted by Gasteiger charge is 2.17. The molecule has 1 aliphatic heterocycles. The van der Waals surface area contributed by atoms with Gasteiger partial charge in [0, 0.05) is 18.3 Å². The Balaban J connectivity index is 1.86. The first kappa shape index (κ1) is 11.7. The van der Waals surface area contributed by atoms with Gasteiger partial charge in [0.2, 0.25) is 0 Å². The van der Waals surface area contributed by atoms with Gasteiger partial charge >= 0.3 is 0 Å². The number of rotatable bonds is 4. The lowest BCUT2D eigenvalue weighted by atomic mass is 10.1. The number of aromatic nitrogens is 1. The summed E-state index contributed by atoms with van der Waals surface area (Å²) in [4.78, 5) is 4.05.